The van der Waals surface area contributed by atoms with Crippen LogP contribution in [-0.2, 0) is 4.74 Å². The van der Waals surface area contributed by atoms with Crippen molar-refractivity contribution < 1.29 is 14.6 Å². The number of carbonyl (C=O) groups is 1. The van der Waals surface area contributed by atoms with E-state index in [1.54, 1.807) is 23.1 Å². The van der Waals surface area contributed by atoms with Crippen LogP contribution in [0.4, 0.5) is 0 Å². The number of aliphatic hydroxyl groups excluding tert-OH is 1. The van der Waals surface area contributed by atoms with Gasteiger partial charge in [-0.05, 0) is 12.1 Å². The van der Waals surface area contributed by atoms with Crippen LogP contribution in [-0.4, -0.2) is 48.3 Å². The number of carbonyl (C=O) groups excluding carboxylic acids is 1. The third-order valence-electron chi connectivity index (χ3n) is 2.81. The van der Waals surface area contributed by atoms with E-state index in [0.29, 0.717) is 35.3 Å². The molecule has 0 aromatic heterocycles. The molecular formula is C12H13Cl2NO3. The predicted octanol–water partition coefficient (Wildman–Crippen LogP) is 1.83. The van der Waals surface area contributed by atoms with Crippen molar-refractivity contribution in [3.05, 3.63) is 33.8 Å². The Balaban J connectivity index is 2.20. The Morgan fingerprint density at radius 3 is 2.72 bits per heavy atom. The maximum Gasteiger partial charge on any atom is 0.257 e. The van der Waals surface area contributed by atoms with Gasteiger partial charge in [-0.15, -0.1) is 0 Å². The number of hydrogen-bond acceptors (Lipinski definition) is 3. The molecule has 0 aliphatic carbocycles. The first-order valence-electron chi connectivity index (χ1n) is 5.59. The third kappa shape index (κ3) is 2.78. The van der Waals surface area contributed by atoms with Gasteiger partial charge in [-0.25, -0.2) is 0 Å². The second kappa shape index (κ2) is 5.89. The predicted molar refractivity (Wildman–Crippen MR) is 69.2 cm³/mol. The maximum absolute atomic E-state index is 12.3. The minimum Gasteiger partial charge on any atom is -0.394 e. The monoisotopic (exact) mass is 289 g/mol. The molecule has 0 spiro atoms. The molecule has 2 rings (SSSR count). The van der Waals surface area contributed by atoms with Gasteiger partial charge < -0.3 is 14.7 Å². The lowest BCUT2D eigenvalue weighted by atomic mass is 10.1. The van der Waals surface area contributed by atoms with Crippen molar-refractivity contribution >= 4 is 29.1 Å². The lowest BCUT2D eigenvalue weighted by Crippen LogP contribution is -2.47. The maximum atomic E-state index is 12.3. The van der Waals surface area contributed by atoms with Crippen LogP contribution in [0.15, 0.2) is 18.2 Å². The van der Waals surface area contributed by atoms with Crippen molar-refractivity contribution in [2.24, 2.45) is 0 Å². The van der Waals surface area contributed by atoms with E-state index in [0.717, 1.165) is 0 Å². The van der Waals surface area contributed by atoms with Crippen LogP contribution in [0.2, 0.25) is 10.0 Å². The molecule has 0 radical (unpaired) electrons. The summed E-state index contributed by atoms with van der Waals surface area (Å²) in [7, 11) is 0. The highest BCUT2D eigenvalue weighted by atomic mass is 35.5. The lowest BCUT2D eigenvalue weighted by molar-refractivity contribution is -0.0447. The summed E-state index contributed by atoms with van der Waals surface area (Å²) in [5.74, 6) is -0.229. The first-order valence-corrected chi connectivity index (χ1v) is 6.35. The molecular weight excluding hydrogens is 277 g/mol. The number of aliphatic hydroxyl groups is 1. The molecule has 1 amide bonds. The number of nitrogens with zero attached hydrogens (tertiary/aromatic N) is 1. The molecule has 1 aromatic carbocycles. The van der Waals surface area contributed by atoms with E-state index < -0.39 is 0 Å². The van der Waals surface area contributed by atoms with Crippen LogP contribution in [0.5, 0.6) is 0 Å². The number of rotatable bonds is 2. The molecule has 4 nitrogen and oxygen atoms in total. The Bertz CT molecular complexity index is 433. The third-order valence-corrected chi connectivity index (χ3v) is 3.44. The zero-order valence-corrected chi connectivity index (χ0v) is 11.1. The van der Waals surface area contributed by atoms with Crippen molar-refractivity contribution in [1.82, 2.24) is 4.90 Å². The van der Waals surface area contributed by atoms with Crippen LogP contribution in [0.3, 0.4) is 0 Å². The highest BCUT2D eigenvalue weighted by molar-refractivity contribution is 6.39. The zero-order valence-electron chi connectivity index (χ0n) is 9.60. The summed E-state index contributed by atoms with van der Waals surface area (Å²) < 4.78 is 5.29. The minimum atomic E-state index is -0.344. The van der Waals surface area contributed by atoms with Crippen molar-refractivity contribution in [3.8, 4) is 0 Å². The molecule has 6 heteroatoms. The van der Waals surface area contributed by atoms with Gasteiger partial charge in [0.1, 0.15) is 0 Å². The molecule has 1 aliphatic rings. The first-order chi connectivity index (χ1) is 8.63. The van der Waals surface area contributed by atoms with Crippen molar-refractivity contribution in [1.29, 1.82) is 0 Å². The van der Waals surface area contributed by atoms with Gasteiger partial charge in [-0.3, -0.25) is 4.79 Å². The number of ether oxygens (including phenoxy) is 1. The van der Waals surface area contributed by atoms with Gasteiger partial charge in [-0.2, -0.15) is 0 Å². The fourth-order valence-electron chi connectivity index (χ4n) is 1.87. The van der Waals surface area contributed by atoms with Crippen LogP contribution < -0.4 is 0 Å². The summed E-state index contributed by atoms with van der Waals surface area (Å²) in [6, 6.07) is 4.95. The first kappa shape index (κ1) is 13.6. The Kier molecular flexibility index (Phi) is 4.45. The molecule has 0 bridgehead atoms. The van der Waals surface area contributed by atoms with E-state index in [9.17, 15) is 4.79 Å². The van der Waals surface area contributed by atoms with Crippen molar-refractivity contribution in [2.45, 2.75) is 6.10 Å². The van der Waals surface area contributed by atoms with Crippen molar-refractivity contribution in [3.63, 3.8) is 0 Å². The second-order valence-corrected chi connectivity index (χ2v) is 4.84. The Hall–Kier alpha value is -0.810. The quantitative estimate of drug-likeness (QED) is 0.904. The number of hydrogen-bond donors (Lipinski definition) is 1. The topological polar surface area (TPSA) is 49.8 Å². The SMILES string of the molecule is O=C(c1c(Cl)cccc1Cl)N1CCOC(CO)C1. The summed E-state index contributed by atoms with van der Waals surface area (Å²) in [5, 5.41) is 9.72. The summed E-state index contributed by atoms with van der Waals surface area (Å²) in [6.45, 7) is 1.10. The van der Waals surface area contributed by atoms with Crippen LogP contribution >= 0.6 is 23.2 Å². The van der Waals surface area contributed by atoms with E-state index in [1.807, 2.05) is 0 Å². The molecule has 18 heavy (non-hydrogen) atoms. The second-order valence-electron chi connectivity index (χ2n) is 4.02. The lowest BCUT2D eigenvalue weighted by Gasteiger charge is -2.32. The van der Waals surface area contributed by atoms with Gasteiger partial charge in [0.25, 0.3) is 5.91 Å². The Morgan fingerprint density at radius 1 is 1.44 bits per heavy atom. The van der Waals surface area contributed by atoms with E-state index >= 15 is 0 Å². The Morgan fingerprint density at radius 2 is 2.11 bits per heavy atom. The molecule has 1 unspecified atom stereocenters. The van der Waals surface area contributed by atoms with Crippen LogP contribution in [0.25, 0.3) is 0 Å². The number of benzene rings is 1. The van der Waals surface area contributed by atoms with Gasteiger partial charge in [0, 0.05) is 13.1 Å². The average molecular weight is 290 g/mol. The summed E-state index contributed by atoms with van der Waals surface area (Å²) >= 11 is 12.0. The molecule has 98 valence electrons. The molecule has 1 fully saturated rings. The standard InChI is InChI=1S/C12H13Cl2NO3/c13-9-2-1-3-10(14)11(9)12(17)15-4-5-18-8(6-15)7-16/h1-3,8,16H,4-7H2. The Labute approximate surface area is 115 Å². The number of amides is 1. The fraction of sp³-hybridized carbons (Fsp3) is 0.417. The molecule has 1 saturated heterocycles. The van der Waals surface area contributed by atoms with Gasteiger partial charge >= 0.3 is 0 Å². The van der Waals surface area contributed by atoms with E-state index in [2.05, 4.69) is 0 Å². The summed E-state index contributed by atoms with van der Waals surface area (Å²) in [4.78, 5) is 13.9. The molecule has 1 aromatic rings. The summed E-state index contributed by atoms with van der Waals surface area (Å²) in [5.41, 5.74) is 0.305. The molecule has 1 heterocycles. The molecule has 1 atom stereocenters. The number of halogens is 2. The smallest absolute Gasteiger partial charge is 0.257 e. The zero-order chi connectivity index (χ0) is 13.1. The molecule has 1 aliphatic heterocycles. The van der Waals surface area contributed by atoms with Gasteiger partial charge in [-0.1, -0.05) is 29.3 Å². The van der Waals surface area contributed by atoms with Gasteiger partial charge in [0.05, 0.1) is 34.9 Å². The van der Waals surface area contributed by atoms with Gasteiger partial charge in [0.2, 0.25) is 0 Å². The van der Waals surface area contributed by atoms with Crippen molar-refractivity contribution in [2.75, 3.05) is 26.3 Å². The van der Waals surface area contributed by atoms with Crippen LogP contribution in [0, 0.1) is 0 Å². The fourth-order valence-corrected chi connectivity index (χ4v) is 2.43. The van der Waals surface area contributed by atoms with E-state index in [-0.39, 0.29) is 18.6 Å². The summed E-state index contributed by atoms with van der Waals surface area (Å²) in [6.07, 6.45) is -0.344. The van der Waals surface area contributed by atoms with Gasteiger partial charge in [0.15, 0.2) is 0 Å². The van der Waals surface area contributed by atoms with E-state index in [4.69, 9.17) is 33.0 Å². The largest absolute Gasteiger partial charge is 0.394 e. The van der Waals surface area contributed by atoms with Crippen LogP contribution in [0.1, 0.15) is 10.4 Å². The minimum absolute atomic E-state index is 0.111. The van der Waals surface area contributed by atoms with E-state index in [1.165, 1.54) is 0 Å². The highest BCUT2D eigenvalue weighted by Gasteiger charge is 2.27. The molecule has 0 saturated carbocycles. The normalized spacial score (nSPS) is 19.9. The average Bonchev–Trinajstić information content (AvgIpc) is 2.38. The highest BCUT2D eigenvalue weighted by Crippen LogP contribution is 2.26. The molecule has 1 N–H and O–H groups in total. The number of morpholine rings is 1.